The van der Waals surface area contributed by atoms with E-state index in [1.807, 2.05) is 6.07 Å². The topological polar surface area (TPSA) is 56.3 Å². The van der Waals surface area contributed by atoms with Crippen LogP contribution in [0.15, 0.2) is 42.9 Å². The van der Waals surface area contributed by atoms with Crippen molar-refractivity contribution >= 4 is 34.3 Å². The van der Waals surface area contributed by atoms with E-state index in [0.717, 1.165) is 16.5 Å². The highest BCUT2D eigenvalue weighted by atomic mass is 35.5. The monoisotopic (exact) mass is 325 g/mol. The van der Waals surface area contributed by atoms with E-state index in [1.165, 1.54) is 19.5 Å². The van der Waals surface area contributed by atoms with Crippen LogP contribution >= 0.6 is 11.6 Å². The van der Waals surface area contributed by atoms with Crippen LogP contribution in [0.5, 0.6) is 5.75 Å². The molecule has 114 valence electrons. The zero-order valence-corrected chi connectivity index (χ0v) is 13.0. The van der Waals surface area contributed by atoms with Crippen molar-refractivity contribution in [1.29, 1.82) is 0 Å². The van der Waals surface area contributed by atoms with Gasteiger partial charge in [0.15, 0.2) is 18.1 Å². The first-order chi connectivity index (χ1) is 11.1. The minimum atomic E-state index is 0.392. The van der Waals surface area contributed by atoms with Gasteiger partial charge in [-0.3, -0.25) is 0 Å². The SMILES string of the molecule is [C-]#[N+]/C(=C\c1c[n+]([O-])ccc1OC)c1c[nH]c2ccc(Cl)cc12. The molecule has 0 aliphatic rings. The van der Waals surface area contributed by atoms with E-state index in [0.29, 0.717) is 26.8 Å². The highest BCUT2D eigenvalue weighted by Gasteiger charge is 2.12. The van der Waals surface area contributed by atoms with E-state index in [9.17, 15) is 5.21 Å². The summed E-state index contributed by atoms with van der Waals surface area (Å²) in [6.45, 7) is 7.48. The fourth-order valence-electron chi connectivity index (χ4n) is 2.40. The van der Waals surface area contributed by atoms with Gasteiger partial charge in [0.05, 0.1) is 19.2 Å². The number of H-pyrrole nitrogens is 1. The van der Waals surface area contributed by atoms with E-state index < -0.39 is 0 Å². The number of hydrogen-bond donors (Lipinski definition) is 1. The number of hydrogen-bond acceptors (Lipinski definition) is 2. The fourth-order valence-corrected chi connectivity index (χ4v) is 2.57. The Bertz CT molecular complexity index is 954. The molecule has 0 atom stereocenters. The van der Waals surface area contributed by atoms with Crippen LogP contribution in [0.4, 0.5) is 0 Å². The first-order valence-corrected chi connectivity index (χ1v) is 7.13. The lowest BCUT2D eigenvalue weighted by Crippen LogP contribution is -2.24. The maximum Gasteiger partial charge on any atom is 0.197 e. The molecule has 0 aliphatic carbocycles. The molecule has 0 fully saturated rings. The van der Waals surface area contributed by atoms with Gasteiger partial charge >= 0.3 is 0 Å². The summed E-state index contributed by atoms with van der Waals surface area (Å²) >= 11 is 6.05. The average Bonchev–Trinajstić information content (AvgIpc) is 2.95. The van der Waals surface area contributed by atoms with Gasteiger partial charge in [-0.05, 0) is 35.9 Å². The molecule has 0 bridgehead atoms. The summed E-state index contributed by atoms with van der Waals surface area (Å²) in [4.78, 5) is 6.71. The molecule has 1 N–H and O–H groups in total. The van der Waals surface area contributed by atoms with Gasteiger partial charge in [0.25, 0.3) is 0 Å². The van der Waals surface area contributed by atoms with Gasteiger partial charge in [-0.1, -0.05) is 11.6 Å². The smallest absolute Gasteiger partial charge is 0.197 e. The average molecular weight is 326 g/mol. The molecule has 0 radical (unpaired) electrons. The Kier molecular flexibility index (Phi) is 3.92. The van der Waals surface area contributed by atoms with Crippen molar-refractivity contribution in [2.24, 2.45) is 0 Å². The molecule has 6 heteroatoms. The molecule has 0 spiro atoms. The molecule has 1 aromatic carbocycles. The Morgan fingerprint density at radius 1 is 1.43 bits per heavy atom. The lowest BCUT2D eigenvalue weighted by Gasteiger charge is -2.05. The van der Waals surface area contributed by atoms with Gasteiger partial charge in [0.2, 0.25) is 0 Å². The third-order valence-corrected chi connectivity index (χ3v) is 3.71. The number of aromatic amines is 1. The molecule has 2 aromatic heterocycles. The van der Waals surface area contributed by atoms with Crippen molar-refractivity contribution in [3.8, 4) is 5.75 Å². The molecule has 2 heterocycles. The predicted molar refractivity (Wildman–Crippen MR) is 89.7 cm³/mol. The van der Waals surface area contributed by atoms with Crippen molar-refractivity contribution in [2.75, 3.05) is 7.11 Å². The number of ether oxygens (including phenoxy) is 1. The number of methoxy groups -OCH3 is 1. The van der Waals surface area contributed by atoms with E-state index in [-0.39, 0.29) is 0 Å². The summed E-state index contributed by atoms with van der Waals surface area (Å²) in [7, 11) is 1.52. The van der Waals surface area contributed by atoms with Crippen LogP contribution < -0.4 is 9.47 Å². The molecule has 0 amide bonds. The zero-order valence-electron chi connectivity index (χ0n) is 12.2. The maximum atomic E-state index is 11.5. The largest absolute Gasteiger partial charge is 0.619 e. The first kappa shape index (κ1) is 14.9. The molecular weight excluding hydrogens is 314 g/mol. The van der Waals surface area contributed by atoms with Gasteiger partial charge in [-0.25, -0.2) is 4.85 Å². The van der Waals surface area contributed by atoms with Gasteiger partial charge in [-0.2, -0.15) is 4.73 Å². The molecule has 0 saturated carbocycles. The predicted octanol–water partition coefficient (Wildman–Crippen LogP) is 3.88. The Hall–Kier alpha value is -2.97. The highest BCUT2D eigenvalue weighted by molar-refractivity contribution is 6.31. The number of nitrogens with one attached hydrogen (secondary N) is 1. The molecule has 3 rings (SSSR count). The van der Waals surface area contributed by atoms with Crippen LogP contribution in [-0.2, 0) is 0 Å². The molecule has 3 aromatic rings. The third kappa shape index (κ3) is 2.85. The standard InChI is InChI=1S/C17H12ClN3O2/c1-19-16(7-11-10-21(22)6-5-17(11)23-2)14-9-20-15-4-3-12(18)8-13(14)15/h3-10,20H,2H3/b16-7-. The van der Waals surface area contributed by atoms with E-state index in [2.05, 4.69) is 9.83 Å². The summed E-state index contributed by atoms with van der Waals surface area (Å²) in [5.41, 5.74) is 2.54. The van der Waals surface area contributed by atoms with Crippen LogP contribution in [0.25, 0.3) is 27.5 Å². The summed E-state index contributed by atoms with van der Waals surface area (Å²) in [6.07, 6.45) is 6.10. The summed E-state index contributed by atoms with van der Waals surface area (Å²) < 4.78 is 5.91. The van der Waals surface area contributed by atoms with Gasteiger partial charge in [-0.15, -0.1) is 0 Å². The lowest BCUT2D eigenvalue weighted by atomic mass is 10.1. The van der Waals surface area contributed by atoms with Gasteiger partial charge < -0.3 is 14.9 Å². The second-order valence-electron chi connectivity index (χ2n) is 4.86. The molecule has 23 heavy (non-hydrogen) atoms. The van der Waals surface area contributed by atoms with E-state index in [4.69, 9.17) is 22.9 Å². The van der Waals surface area contributed by atoms with Crippen molar-refractivity contribution < 1.29 is 9.47 Å². The van der Waals surface area contributed by atoms with Crippen molar-refractivity contribution in [3.63, 3.8) is 0 Å². The molecule has 0 aliphatic heterocycles. The molecule has 5 nitrogen and oxygen atoms in total. The quantitative estimate of drug-likeness (QED) is 0.451. The number of aromatic nitrogens is 2. The minimum Gasteiger partial charge on any atom is -0.619 e. The minimum absolute atomic E-state index is 0.392. The Balaban J connectivity index is 2.18. The van der Waals surface area contributed by atoms with Crippen LogP contribution in [0.1, 0.15) is 11.1 Å². The number of rotatable bonds is 3. The van der Waals surface area contributed by atoms with Crippen LogP contribution in [0, 0.1) is 11.8 Å². The zero-order chi connectivity index (χ0) is 16.4. The van der Waals surface area contributed by atoms with Crippen LogP contribution in [0.3, 0.4) is 0 Å². The number of nitrogens with zero attached hydrogens (tertiary/aromatic N) is 2. The number of fused-ring (bicyclic) bond motifs is 1. The number of benzene rings is 1. The van der Waals surface area contributed by atoms with Crippen molar-refractivity contribution in [1.82, 2.24) is 4.98 Å². The fraction of sp³-hybridized carbons (Fsp3) is 0.0588. The Morgan fingerprint density at radius 2 is 2.26 bits per heavy atom. The van der Waals surface area contributed by atoms with E-state index in [1.54, 1.807) is 30.5 Å². The molecular formula is C17H12ClN3O2. The first-order valence-electron chi connectivity index (χ1n) is 6.75. The number of halogens is 1. The highest BCUT2D eigenvalue weighted by Crippen LogP contribution is 2.31. The van der Waals surface area contributed by atoms with E-state index >= 15 is 0 Å². The van der Waals surface area contributed by atoms with Crippen LogP contribution in [-0.4, -0.2) is 12.1 Å². The van der Waals surface area contributed by atoms with Crippen LogP contribution in [0.2, 0.25) is 5.02 Å². The van der Waals surface area contributed by atoms with Crippen molar-refractivity contribution in [3.05, 3.63) is 75.6 Å². The Morgan fingerprint density at radius 3 is 3.00 bits per heavy atom. The summed E-state index contributed by atoms with van der Waals surface area (Å²) in [5, 5.41) is 12.9. The number of pyridine rings is 1. The van der Waals surface area contributed by atoms with Gasteiger partial charge in [0.1, 0.15) is 5.75 Å². The second-order valence-corrected chi connectivity index (χ2v) is 5.30. The van der Waals surface area contributed by atoms with Crippen molar-refractivity contribution in [2.45, 2.75) is 0 Å². The normalized spacial score (nSPS) is 11.4. The third-order valence-electron chi connectivity index (χ3n) is 3.48. The lowest BCUT2D eigenvalue weighted by molar-refractivity contribution is -0.605. The molecule has 0 unspecified atom stereocenters. The second kappa shape index (κ2) is 6.03. The summed E-state index contributed by atoms with van der Waals surface area (Å²) in [5.74, 6) is 0.524. The summed E-state index contributed by atoms with van der Waals surface area (Å²) in [6, 6.07) is 7.01. The molecule has 0 saturated heterocycles. The Labute approximate surface area is 137 Å². The van der Waals surface area contributed by atoms with Gasteiger partial charge in [0, 0.05) is 22.2 Å². The maximum absolute atomic E-state index is 11.5.